The Bertz CT molecular complexity index is 693. The van der Waals surface area contributed by atoms with Crippen LogP contribution in [0.2, 0.25) is 0 Å². The van der Waals surface area contributed by atoms with Crippen molar-refractivity contribution >= 4 is 27.5 Å². The Morgan fingerprint density at radius 3 is 2.55 bits per heavy atom. The molecular formula is C12H16N4O2S2. The number of nitrogens with zero attached hydrogens (tertiary/aromatic N) is 1. The number of thioether (sulfide) groups is 1. The highest BCUT2D eigenvalue weighted by atomic mass is 32.2. The lowest BCUT2D eigenvalue weighted by Crippen LogP contribution is -2.16. The van der Waals surface area contributed by atoms with E-state index in [0.29, 0.717) is 17.1 Å². The Labute approximate surface area is 122 Å². The summed E-state index contributed by atoms with van der Waals surface area (Å²) in [6.45, 7) is 1.71. The fourth-order valence-electron chi connectivity index (χ4n) is 1.83. The number of hydrogen-bond acceptors (Lipinski definition) is 5. The fraction of sp³-hybridized carbons (Fsp3) is 0.250. The van der Waals surface area contributed by atoms with Gasteiger partial charge in [0.15, 0.2) is 0 Å². The van der Waals surface area contributed by atoms with E-state index in [9.17, 15) is 8.42 Å². The Morgan fingerprint density at radius 1 is 1.35 bits per heavy atom. The lowest BCUT2D eigenvalue weighted by molar-refractivity contribution is 0.599. The first-order valence-corrected chi connectivity index (χ1v) is 8.59. The quantitative estimate of drug-likeness (QED) is 0.730. The van der Waals surface area contributed by atoms with Gasteiger partial charge in [0.05, 0.1) is 11.4 Å². The number of aryl methyl sites for hydroxylation is 1. The Balaban J connectivity index is 2.32. The van der Waals surface area contributed by atoms with Crippen LogP contribution in [0, 0.1) is 6.92 Å². The van der Waals surface area contributed by atoms with Crippen LogP contribution in [0.4, 0.5) is 5.69 Å². The molecule has 6 nitrogen and oxygen atoms in total. The molecule has 1 heterocycles. The first-order valence-electron chi connectivity index (χ1n) is 5.88. The molecule has 0 aliphatic carbocycles. The number of nitrogens with two attached hydrogens (primary N) is 1. The molecule has 0 radical (unpaired) electrons. The van der Waals surface area contributed by atoms with Crippen molar-refractivity contribution in [1.82, 2.24) is 10.2 Å². The third kappa shape index (κ3) is 2.97. The van der Waals surface area contributed by atoms with Crippen LogP contribution in [0.5, 0.6) is 0 Å². The van der Waals surface area contributed by atoms with Crippen molar-refractivity contribution in [3.63, 3.8) is 0 Å². The molecule has 0 amide bonds. The summed E-state index contributed by atoms with van der Waals surface area (Å²) in [5.74, 6) is 0. The molecule has 8 heteroatoms. The number of H-pyrrole nitrogens is 1. The number of anilines is 1. The number of nitrogens with one attached hydrogen (secondary N) is 2. The molecule has 2 rings (SSSR count). The summed E-state index contributed by atoms with van der Waals surface area (Å²) in [6, 6.07) is 7.16. The maximum absolute atomic E-state index is 12.4. The SMILES string of the molecule is CSc1ccc(NS(=O)(=O)c2c(CN)n[nH]c2C)cc1. The van der Waals surface area contributed by atoms with Gasteiger partial charge in [0.1, 0.15) is 4.90 Å². The molecule has 0 atom stereocenters. The van der Waals surface area contributed by atoms with Crippen molar-refractivity contribution < 1.29 is 8.42 Å². The molecule has 1 aromatic heterocycles. The fourth-order valence-corrected chi connectivity index (χ4v) is 3.67. The van der Waals surface area contributed by atoms with Gasteiger partial charge in [-0.05, 0) is 37.4 Å². The van der Waals surface area contributed by atoms with Gasteiger partial charge in [0.25, 0.3) is 10.0 Å². The van der Waals surface area contributed by atoms with Crippen LogP contribution < -0.4 is 10.5 Å². The number of aromatic amines is 1. The molecule has 0 spiro atoms. The van der Waals surface area contributed by atoms with Crippen molar-refractivity contribution in [3.8, 4) is 0 Å². The molecule has 0 saturated heterocycles. The van der Waals surface area contributed by atoms with E-state index in [1.165, 1.54) is 0 Å². The molecule has 4 N–H and O–H groups in total. The first kappa shape index (κ1) is 14.9. The van der Waals surface area contributed by atoms with Crippen LogP contribution in [-0.2, 0) is 16.6 Å². The summed E-state index contributed by atoms with van der Waals surface area (Å²) in [5, 5.41) is 6.54. The van der Waals surface area contributed by atoms with E-state index in [4.69, 9.17) is 5.73 Å². The standard InChI is InChI=1S/C12H16N4O2S2/c1-8-12(11(7-13)15-14-8)20(17,18)16-9-3-5-10(19-2)6-4-9/h3-6,16H,7,13H2,1-2H3,(H,14,15). The molecule has 0 aliphatic heterocycles. The molecule has 20 heavy (non-hydrogen) atoms. The number of hydrogen-bond donors (Lipinski definition) is 3. The van der Waals surface area contributed by atoms with Gasteiger partial charge in [-0.1, -0.05) is 0 Å². The van der Waals surface area contributed by atoms with Crippen molar-refractivity contribution in [2.75, 3.05) is 11.0 Å². The van der Waals surface area contributed by atoms with Gasteiger partial charge in [-0.3, -0.25) is 9.82 Å². The van der Waals surface area contributed by atoms with Crippen LogP contribution in [0.25, 0.3) is 0 Å². The lowest BCUT2D eigenvalue weighted by Gasteiger charge is -2.09. The van der Waals surface area contributed by atoms with Gasteiger partial charge >= 0.3 is 0 Å². The highest BCUT2D eigenvalue weighted by Crippen LogP contribution is 2.23. The Morgan fingerprint density at radius 2 is 2.00 bits per heavy atom. The normalized spacial score (nSPS) is 11.6. The van der Waals surface area contributed by atoms with Crippen molar-refractivity contribution in [3.05, 3.63) is 35.7 Å². The second kappa shape index (κ2) is 5.86. The smallest absolute Gasteiger partial charge is 0.265 e. The van der Waals surface area contributed by atoms with E-state index < -0.39 is 10.0 Å². The summed E-state index contributed by atoms with van der Waals surface area (Å²) in [7, 11) is -3.69. The third-order valence-electron chi connectivity index (χ3n) is 2.77. The second-order valence-electron chi connectivity index (χ2n) is 4.16. The van der Waals surface area contributed by atoms with Gasteiger partial charge < -0.3 is 5.73 Å². The minimum absolute atomic E-state index is 0.0615. The van der Waals surface area contributed by atoms with Crippen LogP contribution in [0.15, 0.2) is 34.1 Å². The molecule has 0 aliphatic rings. The Kier molecular flexibility index (Phi) is 4.36. The molecule has 1 aromatic carbocycles. The van der Waals surface area contributed by atoms with Crippen molar-refractivity contribution in [2.45, 2.75) is 23.3 Å². The zero-order valence-corrected chi connectivity index (χ0v) is 12.8. The van der Waals surface area contributed by atoms with Gasteiger partial charge in [0, 0.05) is 17.1 Å². The minimum atomic E-state index is -3.69. The molecule has 0 unspecified atom stereocenters. The molecule has 0 bridgehead atoms. The minimum Gasteiger partial charge on any atom is -0.325 e. The second-order valence-corrected chi connectivity index (χ2v) is 6.66. The number of sulfonamides is 1. The largest absolute Gasteiger partial charge is 0.325 e. The molecular weight excluding hydrogens is 296 g/mol. The average molecular weight is 312 g/mol. The van der Waals surface area contributed by atoms with Crippen molar-refractivity contribution in [1.29, 1.82) is 0 Å². The molecule has 0 fully saturated rings. The van der Waals surface area contributed by atoms with E-state index in [-0.39, 0.29) is 11.4 Å². The average Bonchev–Trinajstić information content (AvgIpc) is 2.81. The summed E-state index contributed by atoms with van der Waals surface area (Å²) in [6.07, 6.45) is 1.96. The van der Waals surface area contributed by atoms with Crippen molar-refractivity contribution in [2.24, 2.45) is 5.73 Å². The number of aromatic nitrogens is 2. The van der Waals surface area contributed by atoms with E-state index in [1.807, 2.05) is 18.4 Å². The summed E-state index contributed by atoms with van der Waals surface area (Å²) in [5.41, 5.74) is 6.82. The monoisotopic (exact) mass is 312 g/mol. The first-order chi connectivity index (χ1) is 9.47. The van der Waals surface area contributed by atoms with E-state index in [1.54, 1.807) is 30.8 Å². The lowest BCUT2D eigenvalue weighted by atomic mass is 10.3. The number of benzene rings is 1. The van der Waals surface area contributed by atoms with E-state index in [2.05, 4.69) is 14.9 Å². The Hall–Kier alpha value is -1.51. The summed E-state index contributed by atoms with van der Waals surface area (Å²) >= 11 is 1.59. The number of rotatable bonds is 5. The maximum Gasteiger partial charge on any atom is 0.265 e. The topological polar surface area (TPSA) is 101 Å². The highest BCUT2D eigenvalue weighted by Gasteiger charge is 2.23. The predicted molar refractivity (Wildman–Crippen MR) is 80.2 cm³/mol. The molecule has 108 valence electrons. The predicted octanol–water partition coefficient (Wildman–Crippen LogP) is 1.70. The molecule has 0 saturated carbocycles. The van der Waals surface area contributed by atoms with Crippen LogP contribution in [0.1, 0.15) is 11.4 Å². The van der Waals surface area contributed by atoms with Gasteiger partial charge in [-0.25, -0.2) is 8.42 Å². The zero-order valence-electron chi connectivity index (χ0n) is 11.2. The summed E-state index contributed by atoms with van der Waals surface area (Å²) < 4.78 is 27.3. The van der Waals surface area contributed by atoms with Gasteiger partial charge in [-0.2, -0.15) is 5.10 Å². The van der Waals surface area contributed by atoms with Crippen LogP contribution in [-0.4, -0.2) is 24.9 Å². The van der Waals surface area contributed by atoms with Gasteiger partial charge in [0.2, 0.25) is 0 Å². The van der Waals surface area contributed by atoms with Crippen LogP contribution in [0.3, 0.4) is 0 Å². The van der Waals surface area contributed by atoms with Gasteiger partial charge in [-0.15, -0.1) is 11.8 Å². The maximum atomic E-state index is 12.4. The summed E-state index contributed by atoms with van der Waals surface area (Å²) in [4.78, 5) is 1.18. The zero-order chi connectivity index (χ0) is 14.8. The van der Waals surface area contributed by atoms with Crippen LogP contribution >= 0.6 is 11.8 Å². The highest BCUT2D eigenvalue weighted by molar-refractivity contribution is 7.98. The van der Waals surface area contributed by atoms with E-state index in [0.717, 1.165) is 4.90 Å². The van der Waals surface area contributed by atoms with E-state index >= 15 is 0 Å². The third-order valence-corrected chi connectivity index (χ3v) is 5.09. The molecule has 2 aromatic rings.